The van der Waals surface area contributed by atoms with E-state index < -0.39 is 5.97 Å². The van der Waals surface area contributed by atoms with Crippen molar-refractivity contribution in [1.29, 1.82) is 0 Å². The first-order valence-corrected chi connectivity index (χ1v) is 8.81. The Hall–Kier alpha value is -3.22. The number of nitrogens with zero attached hydrogens (tertiary/aromatic N) is 2. The van der Waals surface area contributed by atoms with Crippen LogP contribution in [0.3, 0.4) is 0 Å². The van der Waals surface area contributed by atoms with E-state index in [0.29, 0.717) is 42.8 Å². The van der Waals surface area contributed by atoms with E-state index in [-0.39, 0.29) is 17.9 Å². The molecule has 0 saturated carbocycles. The molecular formula is C20H21N3O4. The van der Waals surface area contributed by atoms with Crippen LogP contribution in [0.15, 0.2) is 48.8 Å². The highest BCUT2D eigenvalue weighted by Gasteiger charge is 2.25. The van der Waals surface area contributed by atoms with Gasteiger partial charge in [0.15, 0.2) is 0 Å². The number of hydrogen-bond donors (Lipinski definition) is 1. The summed E-state index contributed by atoms with van der Waals surface area (Å²) in [5.74, 6) is -0.334. The van der Waals surface area contributed by atoms with Gasteiger partial charge in [-0.25, -0.2) is 0 Å². The van der Waals surface area contributed by atoms with E-state index in [4.69, 9.17) is 4.74 Å². The summed E-state index contributed by atoms with van der Waals surface area (Å²) in [6, 6.07) is 10.1. The molecule has 1 aliphatic rings. The number of esters is 1. The van der Waals surface area contributed by atoms with Crippen LogP contribution >= 0.6 is 0 Å². The molecule has 1 aromatic heterocycles. The fourth-order valence-corrected chi connectivity index (χ4v) is 3.03. The van der Waals surface area contributed by atoms with Crippen molar-refractivity contribution in [3.63, 3.8) is 0 Å². The molecule has 3 rings (SSSR count). The molecule has 1 fully saturated rings. The molecule has 0 bridgehead atoms. The number of benzene rings is 1. The standard InChI is InChI=1S/C20H21N3O4/c1-14(24)27-18-6-2-4-15(12-18)20(26)23-10-7-17(8-11-23)22-19(25)16-5-3-9-21-13-16/h2-6,9,12-13,17H,7-8,10-11H2,1H3,(H,22,25). The van der Waals surface area contributed by atoms with Crippen LogP contribution in [0.25, 0.3) is 0 Å². The van der Waals surface area contributed by atoms with Gasteiger partial charge >= 0.3 is 5.97 Å². The lowest BCUT2D eigenvalue weighted by Crippen LogP contribution is -2.46. The van der Waals surface area contributed by atoms with Crippen molar-refractivity contribution in [1.82, 2.24) is 15.2 Å². The zero-order valence-corrected chi connectivity index (χ0v) is 15.1. The minimum absolute atomic E-state index is 0.0223. The molecule has 1 saturated heterocycles. The van der Waals surface area contributed by atoms with Crippen molar-refractivity contribution < 1.29 is 19.1 Å². The van der Waals surface area contributed by atoms with Crippen molar-refractivity contribution in [3.8, 4) is 5.75 Å². The fraction of sp³-hybridized carbons (Fsp3) is 0.300. The lowest BCUT2D eigenvalue weighted by molar-refractivity contribution is -0.131. The number of rotatable bonds is 4. The van der Waals surface area contributed by atoms with Crippen molar-refractivity contribution >= 4 is 17.8 Å². The maximum Gasteiger partial charge on any atom is 0.308 e. The number of likely N-dealkylation sites (tertiary alicyclic amines) is 1. The van der Waals surface area contributed by atoms with Gasteiger partial charge in [0.2, 0.25) is 0 Å². The van der Waals surface area contributed by atoms with Crippen LogP contribution in [-0.2, 0) is 4.79 Å². The zero-order chi connectivity index (χ0) is 19.2. The molecule has 1 aliphatic heterocycles. The lowest BCUT2D eigenvalue weighted by Gasteiger charge is -2.32. The predicted octanol–water partition coefficient (Wildman–Crippen LogP) is 2.04. The minimum Gasteiger partial charge on any atom is -0.427 e. The van der Waals surface area contributed by atoms with Gasteiger partial charge in [-0.15, -0.1) is 0 Å². The smallest absolute Gasteiger partial charge is 0.308 e. The molecule has 2 aromatic rings. The largest absolute Gasteiger partial charge is 0.427 e. The molecule has 0 spiro atoms. The third-order valence-electron chi connectivity index (χ3n) is 4.38. The molecule has 0 radical (unpaired) electrons. The van der Waals surface area contributed by atoms with Gasteiger partial charge in [0.05, 0.1) is 5.56 Å². The van der Waals surface area contributed by atoms with E-state index in [1.54, 1.807) is 47.5 Å². The number of ether oxygens (including phenoxy) is 1. The van der Waals surface area contributed by atoms with Crippen LogP contribution in [-0.4, -0.2) is 46.8 Å². The second-order valence-corrected chi connectivity index (χ2v) is 6.40. The van der Waals surface area contributed by atoms with Crippen LogP contribution < -0.4 is 10.1 Å². The zero-order valence-electron chi connectivity index (χ0n) is 15.1. The summed E-state index contributed by atoms with van der Waals surface area (Å²) in [5.41, 5.74) is 1.00. The second kappa shape index (κ2) is 8.44. The lowest BCUT2D eigenvalue weighted by atomic mass is 10.0. The van der Waals surface area contributed by atoms with E-state index >= 15 is 0 Å². The Labute approximate surface area is 157 Å². The van der Waals surface area contributed by atoms with Crippen LogP contribution in [0, 0.1) is 0 Å². The molecule has 2 heterocycles. The summed E-state index contributed by atoms with van der Waals surface area (Å²) in [4.78, 5) is 41.6. The number of hydrogen-bond acceptors (Lipinski definition) is 5. The summed E-state index contributed by atoms with van der Waals surface area (Å²) < 4.78 is 5.03. The van der Waals surface area contributed by atoms with Gasteiger partial charge in [-0.2, -0.15) is 0 Å². The normalized spacial score (nSPS) is 14.5. The third-order valence-corrected chi connectivity index (χ3v) is 4.38. The van der Waals surface area contributed by atoms with Gasteiger partial charge in [-0.3, -0.25) is 19.4 Å². The number of aromatic nitrogens is 1. The molecular weight excluding hydrogens is 346 g/mol. The number of amides is 2. The van der Waals surface area contributed by atoms with E-state index in [1.165, 1.54) is 13.1 Å². The Kier molecular flexibility index (Phi) is 5.80. The average molecular weight is 367 g/mol. The Morgan fingerprint density at radius 1 is 1.11 bits per heavy atom. The van der Waals surface area contributed by atoms with Gasteiger partial charge in [-0.1, -0.05) is 6.07 Å². The number of pyridine rings is 1. The molecule has 2 amide bonds. The summed E-state index contributed by atoms with van der Waals surface area (Å²) >= 11 is 0. The third kappa shape index (κ3) is 4.91. The first-order valence-electron chi connectivity index (χ1n) is 8.81. The van der Waals surface area contributed by atoms with Crippen molar-refractivity contribution in [3.05, 3.63) is 59.9 Å². The molecule has 7 heteroatoms. The van der Waals surface area contributed by atoms with Gasteiger partial charge in [-0.05, 0) is 43.2 Å². The first kappa shape index (κ1) is 18.6. The number of carbonyl (C=O) groups excluding carboxylic acids is 3. The second-order valence-electron chi connectivity index (χ2n) is 6.40. The van der Waals surface area contributed by atoms with Gasteiger partial charge in [0, 0.05) is 44.0 Å². The summed E-state index contributed by atoms with van der Waals surface area (Å²) in [6.45, 7) is 2.42. The van der Waals surface area contributed by atoms with Gasteiger partial charge < -0.3 is 15.0 Å². The van der Waals surface area contributed by atoms with Crippen LogP contribution in [0.2, 0.25) is 0 Å². The Morgan fingerprint density at radius 3 is 2.52 bits per heavy atom. The quantitative estimate of drug-likeness (QED) is 0.660. The molecule has 0 aliphatic carbocycles. The molecule has 0 atom stereocenters. The number of piperidine rings is 1. The summed E-state index contributed by atoms with van der Waals surface area (Å²) in [5, 5.41) is 2.99. The van der Waals surface area contributed by atoms with Gasteiger partial charge in [0.25, 0.3) is 11.8 Å². The molecule has 1 N–H and O–H groups in total. The SMILES string of the molecule is CC(=O)Oc1cccc(C(=O)N2CCC(NC(=O)c3cccnc3)CC2)c1. The monoisotopic (exact) mass is 367 g/mol. The Bertz CT molecular complexity index is 830. The summed E-state index contributed by atoms with van der Waals surface area (Å²) in [7, 11) is 0. The maximum atomic E-state index is 12.7. The number of nitrogens with one attached hydrogen (secondary N) is 1. The molecule has 7 nitrogen and oxygen atoms in total. The average Bonchev–Trinajstić information content (AvgIpc) is 2.68. The van der Waals surface area contributed by atoms with Crippen molar-refractivity contribution in [2.45, 2.75) is 25.8 Å². The minimum atomic E-state index is -0.426. The fourth-order valence-electron chi connectivity index (χ4n) is 3.03. The van der Waals surface area contributed by atoms with Crippen LogP contribution in [0.5, 0.6) is 5.75 Å². The highest BCUT2D eigenvalue weighted by Crippen LogP contribution is 2.18. The van der Waals surface area contributed by atoms with Crippen molar-refractivity contribution in [2.24, 2.45) is 0 Å². The maximum absolute atomic E-state index is 12.7. The van der Waals surface area contributed by atoms with E-state index in [0.717, 1.165) is 0 Å². The van der Waals surface area contributed by atoms with Gasteiger partial charge in [0.1, 0.15) is 5.75 Å². The Morgan fingerprint density at radius 2 is 1.85 bits per heavy atom. The Balaban J connectivity index is 1.55. The van der Waals surface area contributed by atoms with E-state index in [2.05, 4.69) is 10.3 Å². The predicted molar refractivity (Wildman–Crippen MR) is 98.4 cm³/mol. The number of carbonyl (C=O) groups is 3. The molecule has 27 heavy (non-hydrogen) atoms. The summed E-state index contributed by atoms with van der Waals surface area (Å²) in [6.07, 6.45) is 4.52. The molecule has 0 unspecified atom stereocenters. The van der Waals surface area contributed by atoms with E-state index in [1.807, 2.05) is 0 Å². The van der Waals surface area contributed by atoms with Crippen LogP contribution in [0.1, 0.15) is 40.5 Å². The molecule has 1 aromatic carbocycles. The van der Waals surface area contributed by atoms with Crippen LogP contribution in [0.4, 0.5) is 0 Å². The topological polar surface area (TPSA) is 88.6 Å². The first-order chi connectivity index (χ1) is 13.0. The van der Waals surface area contributed by atoms with E-state index in [9.17, 15) is 14.4 Å². The van der Waals surface area contributed by atoms with Crippen molar-refractivity contribution in [2.75, 3.05) is 13.1 Å². The molecule has 140 valence electrons. The highest BCUT2D eigenvalue weighted by atomic mass is 16.5. The highest BCUT2D eigenvalue weighted by molar-refractivity contribution is 5.95.